The van der Waals surface area contributed by atoms with Crippen molar-refractivity contribution >= 4 is 34.6 Å². The summed E-state index contributed by atoms with van der Waals surface area (Å²) in [6.45, 7) is 2.01. The minimum absolute atomic E-state index is 0.00849. The summed E-state index contributed by atoms with van der Waals surface area (Å²) in [6, 6.07) is 8.74. The zero-order chi connectivity index (χ0) is 19.3. The molecular weight excluding hydrogens is 386 g/mol. The number of fused-ring (bicyclic) bond motifs is 2. The van der Waals surface area contributed by atoms with Gasteiger partial charge in [-0.25, -0.2) is 4.39 Å². The molecule has 2 aliphatic carbocycles. The summed E-state index contributed by atoms with van der Waals surface area (Å²) in [7, 11) is 0. The number of aliphatic hydroxyl groups is 1. The second-order valence-corrected chi connectivity index (χ2v) is 8.06. The van der Waals surface area contributed by atoms with Crippen LogP contribution in [0.25, 0.3) is 16.7 Å². The van der Waals surface area contributed by atoms with Crippen LogP contribution in [0.2, 0.25) is 10.0 Å². The molecule has 0 spiro atoms. The number of hydrogen-bond donors (Lipinski definition) is 1. The molecule has 0 unspecified atom stereocenters. The van der Waals surface area contributed by atoms with E-state index in [2.05, 4.69) is 0 Å². The Kier molecular flexibility index (Phi) is 4.77. The molecule has 2 bridgehead atoms. The van der Waals surface area contributed by atoms with Crippen LogP contribution in [0.3, 0.4) is 0 Å². The Labute approximate surface area is 167 Å². The lowest BCUT2D eigenvalue weighted by molar-refractivity contribution is -0.117. The van der Waals surface area contributed by atoms with Crippen LogP contribution < -0.4 is 0 Å². The number of aryl methyl sites for hydroxylation is 1. The lowest BCUT2D eigenvalue weighted by atomic mass is 9.81. The minimum atomic E-state index is -0.661. The molecule has 0 aromatic heterocycles. The van der Waals surface area contributed by atoms with Gasteiger partial charge in [0.15, 0.2) is 11.6 Å². The van der Waals surface area contributed by atoms with Gasteiger partial charge in [-0.3, -0.25) is 4.79 Å². The van der Waals surface area contributed by atoms with E-state index in [0.717, 1.165) is 36.8 Å². The Morgan fingerprint density at radius 3 is 2.59 bits per heavy atom. The van der Waals surface area contributed by atoms with E-state index < -0.39 is 5.82 Å². The highest BCUT2D eigenvalue weighted by Crippen LogP contribution is 2.46. The molecule has 0 radical (unpaired) electrons. The Bertz CT molecular complexity index is 981. The minimum Gasteiger partial charge on any atom is -0.511 e. The molecule has 0 amide bonds. The standard InChI is InChI=1S/C22H19Cl2FO2/c1-2-11-3-4-12(15-7-8-17(23)20(25)19(15)24)10-16(11)18-21(26)13-5-6-14(9-13)22(18)27/h3-4,7-8,10,13-14,26H,2,5-6,9H2,1H3/t13-,14+/m0/s1. The Morgan fingerprint density at radius 2 is 1.85 bits per heavy atom. The highest BCUT2D eigenvalue weighted by Gasteiger charge is 2.41. The van der Waals surface area contributed by atoms with Gasteiger partial charge in [-0.15, -0.1) is 0 Å². The molecule has 2 nitrogen and oxygen atoms in total. The topological polar surface area (TPSA) is 37.3 Å². The molecule has 1 N–H and O–H groups in total. The monoisotopic (exact) mass is 404 g/mol. The maximum Gasteiger partial charge on any atom is 0.169 e. The average Bonchev–Trinajstić information content (AvgIpc) is 3.12. The van der Waals surface area contributed by atoms with E-state index in [1.54, 1.807) is 6.07 Å². The number of carbonyl (C=O) groups is 1. The van der Waals surface area contributed by atoms with E-state index in [0.29, 0.717) is 16.7 Å². The maximum atomic E-state index is 14.1. The molecule has 0 heterocycles. The van der Waals surface area contributed by atoms with Crippen molar-refractivity contribution in [1.82, 2.24) is 0 Å². The van der Waals surface area contributed by atoms with Crippen molar-refractivity contribution in [2.75, 3.05) is 0 Å². The molecule has 0 aliphatic heterocycles. The zero-order valence-corrected chi connectivity index (χ0v) is 16.4. The third kappa shape index (κ3) is 2.97. The highest BCUT2D eigenvalue weighted by atomic mass is 35.5. The summed E-state index contributed by atoms with van der Waals surface area (Å²) < 4.78 is 14.1. The van der Waals surface area contributed by atoms with Crippen LogP contribution in [-0.4, -0.2) is 10.9 Å². The molecule has 2 aromatic carbocycles. The molecule has 2 aliphatic rings. The van der Waals surface area contributed by atoms with Gasteiger partial charge < -0.3 is 5.11 Å². The van der Waals surface area contributed by atoms with Crippen molar-refractivity contribution in [3.8, 4) is 11.1 Å². The Hall–Kier alpha value is -1.84. The lowest BCUT2D eigenvalue weighted by Crippen LogP contribution is -2.22. The molecule has 5 heteroatoms. The van der Waals surface area contributed by atoms with E-state index in [4.69, 9.17) is 23.2 Å². The molecule has 1 saturated carbocycles. The summed E-state index contributed by atoms with van der Waals surface area (Å²) in [5, 5.41) is 10.7. The lowest BCUT2D eigenvalue weighted by Gasteiger charge is -2.23. The molecule has 4 rings (SSSR count). The molecule has 140 valence electrons. The normalized spacial score (nSPS) is 21.9. The molecular formula is C22H19Cl2FO2. The smallest absolute Gasteiger partial charge is 0.169 e. The number of ketones is 1. The first-order valence-corrected chi connectivity index (χ1v) is 9.92. The number of benzene rings is 2. The van der Waals surface area contributed by atoms with Crippen LogP contribution >= 0.6 is 23.2 Å². The summed E-state index contributed by atoms with van der Waals surface area (Å²) in [5.41, 5.74) is 3.32. The van der Waals surface area contributed by atoms with Crippen molar-refractivity contribution in [3.63, 3.8) is 0 Å². The third-order valence-corrected chi connectivity index (χ3v) is 6.46. The largest absolute Gasteiger partial charge is 0.511 e. The summed E-state index contributed by atoms with van der Waals surface area (Å²) in [6.07, 6.45) is 3.13. The Balaban J connectivity index is 1.90. The molecule has 0 saturated heterocycles. The molecule has 2 aromatic rings. The maximum absolute atomic E-state index is 14.1. The fourth-order valence-electron chi connectivity index (χ4n) is 4.31. The zero-order valence-electron chi connectivity index (χ0n) is 14.9. The summed E-state index contributed by atoms with van der Waals surface area (Å²) in [5.74, 6) is -0.389. The van der Waals surface area contributed by atoms with Crippen LogP contribution in [0, 0.1) is 17.7 Å². The molecule has 27 heavy (non-hydrogen) atoms. The van der Waals surface area contributed by atoms with Gasteiger partial charge in [-0.1, -0.05) is 48.3 Å². The summed E-state index contributed by atoms with van der Waals surface area (Å²) in [4.78, 5) is 13.0. The molecule has 1 fully saturated rings. The quantitative estimate of drug-likeness (QED) is 0.582. The first-order valence-electron chi connectivity index (χ1n) is 9.16. The number of aliphatic hydroxyl groups excluding tert-OH is 1. The van der Waals surface area contributed by atoms with E-state index in [9.17, 15) is 14.3 Å². The van der Waals surface area contributed by atoms with Gasteiger partial charge in [0.25, 0.3) is 0 Å². The van der Waals surface area contributed by atoms with Gasteiger partial charge >= 0.3 is 0 Å². The highest BCUT2D eigenvalue weighted by molar-refractivity contribution is 6.36. The number of hydrogen-bond acceptors (Lipinski definition) is 2. The summed E-state index contributed by atoms with van der Waals surface area (Å²) >= 11 is 12.0. The number of allylic oxidation sites excluding steroid dienone is 2. The van der Waals surface area contributed by atoms with E-state index in [-0.39, 0.29) is 33.4 Å². The van der Waals surface area contributed by atoms with Gasteiger partial charge in [-0.2, -0.15) is 0 Å². The third-order valence-electron chi connectivity index (χ3n) is 5.80. The average molecular weight is 405 g/mol. The van der Waals surface area contributed by atoms with E-state index in [1.165, 1.54) is 6.07 Å². The van der Waals surface area contributed by atoms with Crippen molar-refractivity contribution in [1.29, 1.82) is 0 Å². The fourth-order valence-corrected chi connectivity index (χ4v) is 4.79. The van der Waals surface area contributed by atoms with Crippen molar-refractivity contribution in [3.05, 3.63) is 63.1 Å². The molecule has 2 atom stereocenters. The fraction of sp³-hybridized carbons (Fsp3) is 0.318. The van der Waals surface area contributed by atoms with Gasteiger partial charge in [0.05, 0.1) is 15.6 Å². The SMILES string of the molecule is CCc1ccc(-c2ccc(Cl)c(F)c2Cl)cc1C1=C(O)[C@H]2CC[C@H](C2)C1=O. The second kappa shape index (κ2) is 6.96. The van der Waals surface area contributed by atoms with E-state index >= 15 is 0 Å². The van der Waals surface area contributed by atoms with E-state index in [1.807, 2.05) is 25.1 Å². The van der Waals surface area contributed by atoms with Crippen molar-refractivity contribution < 1.29 is 14.3 Å². The van der Waals surface area contributed by atoms with Crippen LogP contribution in [0.1, 0.15) is 37.3 Å². The van der Waals surface area contributed by atoms with Crippen LogP contribution in [0.15, 0.2) is 36.1 Å². The number of rotatable bonds is 3. The van der Waals surface area contributed by atoms with Gasteiger partial charge in [0.1, 0.15) is 5.76 Å². The van der Waals surface area contributed by atoms with Gasteiger partial charge in [-0.05, 0) is 54.5 Å². The van der Waals surface area contributed by atoms with Gasteiger partial charge in [0, 0.05) is 17.4 Å². The first-order chi connectivity index (χ1) is 12.9. The van der Waals surface area contributed by atoms with Crippen LogP contribution in [0.5, 0.6) is 0 Å². The predicted octanol–water partition coefficient (Wildman–Crippen LogP) is 6.63. The Morgan fingerprint density at radius 1 is 1.11 bits per heavy atom. The van der Waals surface area contributed by atoms with Crippen molar-refractivity contribution in [2.45, 2.75) is 32.6 Å². The number of carbonyl (C=O) groups excluding carboxylic acids is 1. The number of Topliss-reactive ketones (excluding diaryl/α,β-unsaturated/α-hetero) is 1. The predicted molar refractivity (Wildman–Crippen MR) is 107 cm³/mol. The van der Waals surface area contributed by atoms with Gasteiger partial charge in [0.2, 0.25) is 0 Å². The first kappa shape index (κ1) is 18.5. The van der Waals surface area contributed by atoms with Crippen LogP contribution in [-0.2, 0) is 11.2 Å². The second-order valence-electron chi connectivity index (χ2n) is 7.28. The van der Waals surface area contributed by atoms with Crippen molar-refractivity contribution in [2.24, 2.45) is 11.8 Å². The number of halogens is 3. The van der Waals surface area contributed by atoms with Crippen LogP contribution in [0.4, 0.5) is 4.39 Å².